The molecule has 0 aromatic heterocycles. The largest absolute Gasteiger partial charge is 0.302 e. The number of amides is 1. The Labute approximate surface area is 104 Å². The lowest BCUT2D eigenvalue weighted by Gasteiger charge is -2.03. The number of benzene rings is 1. The third kappa shape index (κ3) is 2.94. The number of hydrogen-bond acceptors (Lipinski definition) is 4. The first-order chi connectivity index (χ1) is 8.16. The molecule has 0 radical (unpaired) electrons. The Morgan fingerprint density at radius 1 is 1.29 bits per heavy atom. The molecule has 1 amide bonds. The van der Waals surface area contributed by atoms with Crippen molar-refractivity contribution in [2.75, 3.05) is 0 Å². The lowest BCUT2D eigenvalue weighted by molar-refractivity contribution is -0.118. The van der Waals surface area contributed by atoms with Crippen molar-refractivity contribution < 1.29 is 4.79 Å². The van der Waals surface area contributed by atoms with E-state index >= 15 is 0 Å². The summed E-state index contributed by atoms with van der Waals surface area (Å²) in [5, 5.41) is 11.0. The molecule has 17 heavy (non-hydrogen) atoms. The second-order valence-corrected chi connectivity index (χ2v) is 4.94. The Balaban J connectivity index is 2.16. The average molecular weight is 247 g/mol. The zero-order valence-electron chi connectivity index (χ0n) is 9.68. The predicted molar refractivity (Wildman–Crippen MR) is 71.1 cm³/mol. The molecule has 1 saturated heterocycles. The molecule has 0 bridgehead atoms. The van der Waals surface area contributed by atoms with Crippen LogP contribution in [0.5, 0.6) is 0 Å². The highest BCUT2D eigenvalue weighted by Gasteiger charge is 2.31. The number of amidine groups is 1. The third-order valence-electron chi connectivity index (χ3n) is 2.14. The molecule has 1 N–H and O–H groups in total. The molecule has 1 aromatic rings. The minimum absolute atomic E-state index is 0.0380. The number of nitrogens with zero attached hydrogens (tertiary/aromatic N) is 2. The number of hydrogen-bond donors (Lipinski definition) is 1. The van der Waals surface area contributed by atoms with E-state index in [9.17, 15) is 4.79 Å². The maximum atomic E-state index is 11.8. The maximum absolute atomic E-state index is 11.8. The molecule has 1 atom stereocenters. The summed E-state index contributed by atoms with van der Waals surface area (Å²) in [5.74, 6) is -0.0380. The highest BCUT2D eigenvalue weighted by Crippen LogP contribution is 2.33. The van der Waals surface area contributed by atoms with Crippen LogP contribution in [0.4, 0.5) is 0 Å². The van der Waals surface area contributed by atoms with Gasteiger partial charge in [0.05, 0.1) is 0 Å². The van der Waals surface area contributed by atoms with Crippen molar-refractivity contribution in [2.24, 2.45) is 10.2 Å². The van der Waals surface area contributed by atoms with Gasteiger partial charge in [0.25, 0.3) is 0 Å². The van der Waals surface area contributed by atoms with Crippen molar-refractivity contribution in [3.63, 3.8) is 0 Å². The van der Waals surface area contributed by atoms with Crippen molar-refractivity contribution in [2.45, 2.75) is 19.1 Å². The standard InChI is InChI=1S/C12H13N3OS/c1-8(2)14-15-12-13-11(16)10(17-12)9-6-4-3-5-7-9/h3-7,10H,1-2H3,(H,13,15,16)/t10-/m0/s1. The second-order valence-electron chi connectivity index (χ2n) is 3.85. The maximum Gasteiger partial charge on any atom is 0.244 e. The van der Waals surface area contributed by atoms with Crippen LogP contribution in [-0.4, -0.2) is 16.8 Å². The Kier molecular flexibility index (Phi) is 3.58. The summed E-state index contributed by atoms with van der Waals surface area (Å²) in [6, 6.07) is 9.66. The summed E-state index contributed by atoms with van der Waals surface area (Å²) >= 11 is 1.40. The van der Waals surface area contributed by atoms with Crippen LogP contribution >= 0.6 is 11.8 Å². The first-order valence-corrected chi connectivity index (χ1v) is 6.16. The van der Waals surface area contributed by atoms with Crippen molar-refractivity contribution in [3.05, 3.63) is 35.9 Å². The molecule has 1 fully saturated rings. The van der Waals surface area contributed by atoms with Crippen LogP contribution in [0.1, 0.15) is 24.7 Å². The molecule has 0 spiro atoms. The number of nitrogens with one attached hydrogen (secondary N) is 1. The van der Waals surface area contributed by atoms with Crippen LogP contribution < -0.4 is 5.32 Å². The Bertz CT molecular complexity index is 478. The van der Waals surface area contributed by atoms with Gasteiger partial charge in [0.1, 0.15) is 5.25 Å². The van der Waals surface area contributed by atoms with E-state index in [1.54, 1.807) is 0 Å². The number of carbonyl (C=O) groups is 1. The minimum atomic E-state index is -0.220. The van der Waals surface area contributed by atoms with Gasteiger partial charge in [-0.15, -0.1) is 5.10 Å². The fraction of sp³-hybridized carbons (Fsp3) is 0.250. The zero-order chi connectivity index (χ0) is 12.3. The highest BCUT2D eigenvalue weighted by atomic mass is 32.2. The van der Waals surface area contributed by atoms with Crippen LogP contribution in [0.15, 0.2) is 40.5 Å². The van der Waals surface area contributed by atoms with Gasteiger partial charge < -0.3 is 5.32 Å². The summed E-state index contributed by atoms with van der Waals surface area (Å²) in [4.78, 5) is 11.8. The Morgan fingerprint density at radius 3 is 2.65 bits per heavy atom. The van der Waals surface area contributed by atoms with E-state index in [0.29, 0.717) is 5.17 Å². The molecule has 2 rings (SSSR count). The zero-order valence-corrected chi connectivity index (χ0v) is 10.5. The molecular weight excluding hydrogens is 234 g/mol. The van der Waals surface area contributed by atoms with Crippen LogP contribution in [0, 0.1) is 0 Å². The van der Waals surface area contributed by atoms with E-state index in [1.807, 2.05) is 44.2 Å². The first kappa shape index (κ1) is 11.9. The quantitative estimate of drug-likeness (QED) is 0.644. The third-order valence-corrected chi connectivity index (χ3v) is 3.27. The first-order valence-electron chi connectivity index (χ1n) is 5.28. The van der Waals surface area contributed by atoms with E-state index in [2.05, 4.69) is 15.5 Å². The normalized spacial score (nSPS) is 21.4. The number of thioether (sulfide) groups is 1. The molecule has 0 unspecified atom stereocenters. The monoisotopic (exact) mass is 247 g/mol. The van der Waals surface area contributed by atoms with Crippen LogP contribution in [0.2, 0.25) is 0 Å². The van der Waals surface area contributed by atoms with E-state index < -0.39 is 0 Å². The van der Waals surface area contributed by atoms with Gasteiger partial charge >= 0.3 is 0 Å². The molecule has 5 heteroatoms. The van der Waals surface area contributed by atoms with Crippen molar-refractivity contribution >= 4 is 28.5 Å². The van der Waals surface area contributed by atoms with E-state index in [-0.39, 0.29) is 11.2 Å². The van der Waals surface area contributed by atoms with Gasteiger partial charge in [-0.2, -0.15) is 5.10 Å². The predicted octanol–water partition coefficient (Wildman–Crippen LogP) is 2.34. The molecule has 1 heterocycles. The lowest BCUT2D eigenvalue weighted by Crippen LogP contribution is -2.21. The summed E-state index contributed by atoms with van der Waals surface area (Å²) < 4.78 is 0. The summed E-state index contributed by atoms with van der Waals surface area (Å²) in [5.41, 5.74) is 1.84. The van der Waals surface area contributed by atoms with Gasteiger partial charge in [-0.1, -0.05) is 42.1 Å². The van der Waals surface area contributed by atoms with Gasteiger partial charge in [-0.3, -0.25) is 4.79 Å². The molecule has 0 aliphatic carbocycles. The van der Waals surface area contributed by atoms with Crippen LogP contribution in [0.3, 0.4) is 0 Å². The van der Waals surface area contributed by atoms with Gasteiger partial charge in [0.15, 0.2) is 5.17 Å². The molecular formula is C12H13N3OS. The molecule has 1 aliphatic rings. The SMILES string of the molecule is CC(C)=NN=C1NC(=O)[C@H](c2ccccc2)S1. The average Bonchev–Trinajstić information content (AvgIpc) is 2.69. The van der Waals surface area contributed by atoms with Gasteiger partial charge in [0.2, 0.25) is 5.91 Å². The van der Waals surface area contributed by atoms with Gasteiger partial charge in [-0.25, -0.2) is 0 Å². The van der Waals surface area contributed by atoms with Crippen molar-refractivity contribution in [1.29, 1.82) is 0 Å². The van der Waals surface area contributed by atoms with E-state index in [1.165, 1.54) is 11.8 Å². The summed E-state index contributed by atoms with van der Waals surface area (Å²) in [6.07, 6.45) is 0. The molecule has 0 saturated carbocycles. The van der Waals surface area contributed by atoms with E-state index in [0.717, 1.165) is 11.3 Å². The van der Waals surface area contributed by atoms with Crippen molar-refractivity contribution in [1.82, 2.24) is 5.32 Å². The number of carbonyl (C=O) groups excluding carboxylic acids is 1. The fourth-order valence-corrected chi connectivity index (χ4v) is 2.34. The molecule has 1 aromatic carbocycles. The topological polar surface area (TPSA) is 53.8 Å². The Hall–Kier alpha value is -1.62. The van der Waals surface area contributed by atoms with Crippen molar-refractivity contribution in [3.8, 4) is 0 Å². The summed E-state index contributed by atoms with van der Waals surface area (Å²) in [7, 11) is 0. The molecule has 1 aliphatic heterocycles. The lowest BCUT2D eigenvalue weighted by atomic mass is 10.1. The van der Waals surface area contributed by atoms with Gasteiger partial charge in [-0.05, 0) is 19.4 Å². The molecule has 88 valence electrons. The van der Waals surface area contributed by atoms with E-state index in [4.69, 9.17) is 0 Å². The number of rotatable bonds is 2. The second kappa shape index (κ2) is 5.14. The smallest absolute Gasteiger partial charge is 0.244 e. The van der Waals surface area contributed by atoms with Gasteiger partial charge in [0, 0.05) is 5.71 Å². The van der Waals surface area contributed by atoms with Crippen LogP contribution in [0.25, 0.3) is 0 Å². The highest BCUT2D eigenvalue weighted by molar-refractivity contribution is 8.15. The van der Waals surface area contributed by atoms with Crippen LogP contribution in [-0.2, 0) is 4.79 Å². The minimum Gasteiger partial charge on any atom is -0.302 e. The Morgan fingerprint density at radius 2 is 2.00 bits per heavy atom. The molecule has 4 nitrogen and oxygen atoms in total. The summed E-state index contributed by atoms with van der Waals surface area (Å²) in [6.45, 7) is 3.72. The fourth-order valence-electron chi connectivity index (χ4n) is 1.41.